The molecule has 2 fully saturated rings. The van der Waals surface area contributed by atoms with E-state index in [4.69, 9.17) is 16.2 Å². The van der Waals surface area contributed by atoms with Gasteiger partial charge >= 0.3 is 0 Å². The highest BCUT2D eigenvalue weighted by molar-refractivity contribution is 5.84. The first-order chi connectivity index (χ1) is 9.58. The monoisotopic (exact) mass is 275 g/mol. The Labute approximate surface area is 118 Å². The summed E-state index contributed by atoms with van der Waals surface area (Å²) in [5, 5.41) is 0. The van der Waals surface area contributed by atoms with Crippen LogP contribution in [0.5, 0.6) is 0 Å². The summed E-state index contributed by atoms with van der Waals surface area (Å²) >= 11 is 0. The van der Waals surface area contributed by atoms with Crippen LogP contribution < -0.4 is 11.5 Å². The van der Waals surface area contributed by atoms with Crippen LogP contribution in [0.25, 0.3) is 0 Å². The van der Waals surface area contributed by atoms with E-state index in [1.54, 1.807) is 0 Å². The molecule has 0 aromatic heterocycles. The van der Waals surface area contributed by atoms with Gasteiger partial charge in [-0.3, -0.25) is 9.69 Å². The highest BCUT2D eigenvalue weighted by Gasteiger charge is 2.47. The number of ether oxygens (including phenoxy) is 1. The number of fused-ring (bicyclic) bond motifs is 2. The lowest BCUT2D eigenvalue weighted by molar-refractivity contribution is -0.135. The van der Waals surface area contributed by atoms with Crippen LogP contribution in [0.3, 0.4) is 0 Å². The fourth-order valence-corrected chi connectivity index (χ4v) is 3.36. The number of morpholine rings is 1. The van der Waals surface area contributed by atoms with Crippen molar-refractivity contribution < 1.29 is 9.53 Å². The number of benzene rings is 1. The molecule has 20 heavy (non-hydrogen) atoms. The summed E-state index contributed by atoms with van der Waals surface area (Å²) in [5.41, 5.74) is 12.1. The van der Waals surface area contributed by atoms with E-state index in [9.17, 15) is 4.79 Å². The van der Waals surface area contributed by atoms with E-state index in [1.807, 2.05) is 18.2 Å². The van der Waals surface area contributed by atoms with E-state index in [2.05, 4.69) is 17.0 Å². The fourth-order valence-electron chi connectivity index (χ4n) is 3.36. The van der Waals surface area contributed by atoms with E-state index < -0.39 is 11.4 Å². The smallest absolute Gasteiger partial charge is 0.237 e. The van der Waals surface area contributed by atoms with Crippen molar-refractivity contribution in [3.63, 3.8) is 0 Å². The maximum Gasteiger partial charge on any atom is 0.237 e. The highest BCUT2D eigenvalue weighted by atomic mass is 16.5. The molecule has 0 radical (unpaired) electrons. The average molecular weight is 275 g/mol. The molecule has 2 unspecified atom stereocenters. The van der Waals surface area contributed by atoms with E-state index in [0.29, 0.717) is 26.1 Å². The molecule has 1 aromatic carbocycles. The Morgan fingerprint density at radius 1 is 1.25 bits per heavy atom. The minimum atomic E-state index is -0.883. The number of hydrogen-bond acceptors (Lipinski definition) is 4. The molecule has 1 aromatic rings. The Balaban J connectivity index is 1.79. The quantitative estimate of drug-likeness (QED) is 0.827. The number of amides is 1. The molecule has 2 saturated heterocycles. The van der Waals surface area contributed by atoms with Gasteiger partial charge in [-0.2, -0.15) is 0 Å². The second-order valence-electron chi connectivity index (χ2n) is 5.93. The van der Waals surface area contributed by atoms with Crippen LogP contribution in [-0.4, -0.2) is 41.6 Å². The van der Waals surface area contributed by atoms with Gasteiger partial charge in [0.1, 0.15) is 0 Å². The van der Waals surface area contributed by atoms with Gasteiger partial charge in [-0.1, -0.05) is 30.3 Å². The van der Waals surface area contributed by atoms with Crippen LogP contribution in [0.1, 0.15) is 18.4 Å². The summed E-state index contributed by atoms with van der Waals surface area (Å²) < 4.78 is 5.63. The fraction of sp³-hybridized carbons (Fsp3) is 0.533. The Morgan fingerprint density at radius 3 is 2.40 bits per heavy atom. The standard InChI is InChI=1S/C15H21N3O2/c16-14(19)15(17)6-12-9-20-10-13(7-15)18(12)8-11-4-2-1-3-5-11/h1-5,12-13H,6-10,17H2,(H2,16,19). The molecule has 0 saturated carbocycles. The predicted octanol–water partition coefficient (Wildman–Crippen LogP) is 0.233. The molecule has 4 N–H and O–H groups in total. The molecule has 2 bridgehead atoms. The van der Waals surface area contributed by atoms with Crippen molar-refractivity contribution in [1.29, 1.82) is 0 Å². The Bertz CT molecular complexity index is 477. The molecule has 2 aliphatic heterocycles. The average Bonchev–Trinajstić information content (AvgIpc) is 2.41. The second kappa shape index (κ2) is 5.16. The lowest BCUT2D eigenvalue weighted by Crippen LogP contribution is -2.67. The van der Waals surface area contributed by atoms with Gasteiger partial charge in [0.05, 0.1) is 18.8 Å². The van der Waals surface area contributed by atoms with Crippen LogP contribution in [-0.2, 0) is 16.1 Å². The third-order valence-corrected chi connectivity index (χ3v) is 4.46. The zero-order valence-corrected chi connectivity index (χ0v) is 11.5. The molecule has 2 heterocycles. The minimum absolute atomic E-state index is 0.167. The van der Waals surface area contributed by atoms with Gasteiger partial charge in [0.2, 0.25) is 5.91 Å². The highest BCUT2D eigenvalue weighted by Crippen LogP contribution is 2.33. The van der Waals surface area contributed by atoms with Crippen molar-refractivity contribution in [3.8, 4) is 0 Å². The van der Waals surface area contributed by atoms with Gasteiger partial charge < -0.3 is 16.2 Å². The summed E-state index contributed by atoms with van der Waals surface area (Å²) in [7, 11) is 0. The van der Waals surface area contributed by atoms with Gasteiger partial charge in [-0.05, 0) is 18.4 Å². The van der Waals surface area contributed by atoms with Crippen molar-refractivity contribution in [2.45, 2.75) is 37.0 Å². The van der Waals surface area contributed by atoms with Crippen LogP contribution >= 0.6 is 0 Å². The Morgan fingerprint density at radius 2 is 1.85 bits per heavy atom. The number of carbonyl (C=O) groups excluding carboxylic acids is 1. The maximum absolute atomic E-state index is 11.6. The Hall–Kier alpha value is -1.43. The Kier molecular flexibility index (Phi) is 3.50. The van der Waals surface area contributed by atoms with Gasteiger partial charge in [0.15, 0.2) is 0 Å². The number of nitrogens with zero attached hydrogens (tertiary/aromatic N) is 1. The van der Waals surface area contributed by atoms with Crippen molar-refractivity contribution in [2.24, 2.45) is 11.5 Å². The topological polar surface area (TPSA) is 81.6 Å². The first-order valence-electron chi connectivity index (χ1n) is 7.05. The lowest BCUT2D eigenvalue weighted by atomic mass is 9.78. The SMILES string of the molecule is NC(=O)C1(N)CC2COCC(C1)N2Cc1ccccc1. The van der Waals surface area contributed by atoms with Crippen LogP contribution in [0, 0.1) is 0 Å². The summed E-state index contributed by atoms with van der Waals surface area (Å²) in [6.45, 7) is 2.11. The van der Waals surface area contributed by atoms with Crippen molar-refractivity contribution in [1.82, 2.24) is 4.90 Å². The molecule has 1 amide bonds. The zero-order valence-electron chi connectivity index (χ0n) is 11.5. The van der Waals surface area contributed by atoms with Crippen molar-refractivity contribution >= 4 is 5.91 Å². The number of nitrogens with two attached hydrogens (primary N) is 2. The summed E-state index contributed by atoms with van der Waals surface area (Å²) in [5.74, 6) is -0.395. The molecule has 2 aliphatic rings. The second-order valence-corrected chi connectivity index (χ2v) is 5.93. The first-order valence-corrected chi connectivity index (χ1v) is 7.05. The normalized spacial score (nSPS) is 33.9. The van der Waals surface area contributed by atoms with Gasteiger partial charge in [0.25, 0.3) is 0 Å². The molecular weight excluding hydrogens is 254 g/mol. The van der Waals surface area contributed by atoms with Crippen molar-refractivity contribution in [3.05, 3.63) is 35.9 Å². The number of primary amides is 1. The van der Waals surface area contributed by atoms with E-state index >= 15 is 0 Å². The van der Waals surface area contributed by atoms with Crippen LogP contribution in [0.4, 0.5) is 0 Å². The van der Waals surface area contributed by atoms with Crippen LogP contribution in [0.15, 0.2) is 30.3 Å². The lowest BCUT2D eigenvalue weighted by Gasteiger charge is -2.51. The molecule has 5 heteroatoms. The molecule has 3 rings (SSSR count). The van der Waals surface area contributed by atoms with E-state index in [1.165, 1.54) is 5.56 Å². The van der Waals surface area contributed by atoms with Crippen LogP contribution in [0.2, 0.25) is 0 Å². The molecule has 0 spiro atoms. The maximum atomic E-state index is 11.6. The molecular formula is C15H21N3O2. The van der Waals surface area contributed by atoms with Gasteiger partial charge in [-0.15, -0.1) is 0 Å². The minimum Gasteiger partial charge on any atom is -0.378 e. The van der Waals surface area contributed by atoms with E-state index in [-0.39, 0.29) is 12.1 Å². The van der Waals surface area contributed by atoms with E-state index in [0.717, 1.165) is 6.54 Å². The number of hydrogen-bond donors (Lipinski definition) is 2. The molecule has 0 aliphatic carbocycles. The summed E-state index contributed by atoms with van der Waals surface area (Å²) in [4.78, 5) is 14.0. The third kappa shape index (κ3) is 2.44. The molecule has 108 valence electrons. The molecule has 5 nitrogen and oxygen atoms in total. The zero-order chi connectivity index (χ0) is 14.2. The number of rotatable bonds is 3. The first kappa shape index (κ1) is 13.5. The number of piperidine rings is 1. The van der Waals surface area contributed by atoms with Gasteiger partial charge in [0, 0.05) is 18.6 Å². The summed E-state index contributed by atoms with van der Waals surface area (Å²) in [6, 6.07) is 10.7. The third-order valence-electron chi connectivity index (χ3n) is 4.46. The van der Waals surface area contributed by atoms with Crippen molar-refractivity contribution in [2.75, 3.05) is 13.2 Å². The largest absolute Gasteiger partial charge is 0.378 e. The number of carbonyl (C=O) groups is 1. The predicted molar refractivity (Wildman–Crippen MR) is 75.7 cm³/mol. The van der Waals surface area contributed by atoms with Gasteiger partial charge in [-0.25, -0.2) is 0 Å². The molecule has 2 atom stereocenters. The summed E-state index contributed by atoms with van der Waals surface area (Å²) in [6.07, 6.45) is 1.15.